The summed E-state index contributed by atoms with van der Waals surface area (Å²) in [5.41, 5.74) is 0. The lowest BCUT2D eigenvalue weighted by Gasteiger charge is -2.40. The smallest absolute Gasteiger partial charge is 0.501 e. The Hall–Kier alpha value is 1.44. The maximum Gasteiger partial charge on any atom is 0.501 e. The third-order valence-corrected chi connectivity index (χ3v) is 12.7. The number of unbranched alkanes of at least 4 members (excludes halogenated alkanes) is 15. The first kappa shape index (κ1) is 44.4. The Bertz CT molecular complexity index is 607. The van der Waals surface area contributed by atoms with Crippen molar-refractivity contribution in [3.63, 3.8) is 0 Å². The zero-order valence-electron chi connectivity index (χ0n) is 29.3. The first-order valence-corrected chi connectivity index (χ1v) is 20.1. The topological polar surface area (TPSA) is 35.4 Å². The summed E-state index contributed by atoms with van der Waals surface area (Å²) < 4.78 is 20.1. The van der Waals surface area contributed by atoms with Gasteiger partial charge < -0.3 is 70.6 Å². The Morgan fingerprint density at radius 2 is 1.05 bits per heavy atom. The fourth-order valence-corrected chi connectivity index (χ4v) is 9.30. The van der Waals surface area contributed by atoms with Crippen LogP contribution >= 0.6 is 0 Å². The second-order valence-corrected chi connectivity index (χ2v) is 16.9. The number of nitrogens with zero attached hydrogens (tertiary/aromatic N) is 2. The molecule has 1 unspecified atom stereocenters. The summed E-state index contributed by atoms with van der Waals surface area (Å²) in [6.45, 7) is 10.2. The Kier molecular flexibility index (Phi) is 28.3. The summed E-state index contributed by atoms with van der Waals surface area (Å²) in [6, 6.07) is 1.68. The van der Waals surface area contributed by atoms with Gasteiger partial charge in [0, 0.05) is 32.1 Å². The number of rotatable bonds is 25. The van der Waals surface area contributed by atoms with Crippen LogP contribution in [0.2, 0.25) is 6.04 Å². The summed E-state index contributed by atoms with van der Waals surface area (Å²) in [5, 5.41) is 0. The highest BCUT2D eigenvalue weighted by Crippen LogP contribution is 2.26. The van der Waals surface area contributed by atoms with Crippen LogP contribution in [-0.4, -0.2) is 105 Å². The normalized spacial score (nSPS) is 21.5. The van der Waals surface area contributed by atoms with Crippen molar-refractivity contribution in [3.05, 3.63) is 0 Å². The molecule has 9 heteroatoms. The molecule has 1 atom stereocenters. The first-order valence-electron chi connectivity index (χ1n) is 18.1. The SMILES string of the molecule is CCCCCCCCCCCCCCCCCC[N+](C)(C)C(CCC[Si]12OCCN(CCO1)CCO2)CC[NH+](C)C.[I-].[I-]. The van der Waals surface area contributed by atoms with Gasteiger partial charge in [-0.05, 0) is 25.7 Å². The maximum atomic E-state index is 6.31. The minimum Gasteiger partial charge on any atom is -1.00 e. The molecule has 260 valence electrons. The largest absolute Gasteiger partial charge is 1.00 e. The van der Waals surface area contributed by atoms with Crippen molar-refractivity contribution in [2.24, 2.45) is 0 Å². The molecule has 0 radical (unpaired) electrons. The van der Waals surface area contributed by atoms with Crippen molar-refractivity contribution in [2.75, 3.05) is 80.7 Å². The lowest BCUT2D eigenvalue weighted by atomic mass is 10.0. The maximum absolute atomic E-state index is 6.31. The Morgan fingerprint density at radius 3 is 1.47 bits per heavy atom. The molecule has 0 amide bonds. The van der Waals surface area contributed by atoms with E-state index in [0.717, 1.165) is 56.4 Å². The van der Waals surface area contributed by atoms with Crippen LogP contribution in [0, 0.1) is 0 Å². The number of hydrogen-bond acceptors (Lipinski definition) is 4. The molecule has 3 fully saturated rings. The number of nitrogens with one attached hydrogen (secondary N) is 1. The Balaban J connectivity index is 0.00000882. The molecule has 3 saturated heterocycles. The molecule has 3 heterocycles. The van der Waals surface area contributed by atoms with E-state index in [1.54, 1.807) is 4.90 Å². The van der Waals surface area contributed by atoms with Crippen LogP contribution in [0.25, 0.3) is 0 Å². The second-order valence-electron chi connectivity index (χ2n) is 14.2. The molecule has 0 aromatic rings. The van der Waals surface area contributed by atoms with Gasteiger partial charge in [-0.25, -0.2) is 0 Å². The number of quaternary nitrogens is 2. The lowest BCUT2D eigenvalue weighted by Crippen LogP contribution is -3.05. The van der Waals surface area contributed by atoms with Crippen molar-refractivity contribution in [2.45, 2.75) is 141 Å². The van der Waals surface area contributed by atoms with Crippen LogP contribution in [0.3, 0.4) is 0 Å². The molecule has 0 aliphatic carbocycles. The van der Waals surface area contributed by atoms with Crippen molar-refractivity contribution in [1.29, 1.82) is 0 Å². The van der Waals surface area contributed by atoms with Gasteiger partial charge in [0.15, 0.2) is 0 Å². The number of halogens is 2. The van der Waals surface area contributed by atoms with E-state index in [1.807, 2.05) is 0 Å². The van der Waals surface area contributed by atoms with Gasteiger partial charge in [-0.3, -0.25) is 4.90 Å². The average molecular weight is 854 g/mol. The first-order chi connectivity index (χ1) is 19.9. The van der Waals surface area contributed by atoms with Gasteiger partial charge in [0.1, 0.15) is 0 Å². The Morgan fingerprint density at radius 1 is 0.628 bits per heavy atom. The number of fused-ring (bicyclic) bond motifs is 6. The van der Waals surface area contributed by atoms with Gasteiger partial charge in [-0.2, -0.15) is 0 Å². The van der Waals surface area contributed by atoms with E-state index >= 15 is 0 Å². The van der Waals surface area contributed by atoms with Gasteiger partial charge in [-0.15, -0.1) is 0 Å². The molecule has 0 spiro atoms. The fraction of sp³-hybridized carbons (Fsp3) is 1.00. The Labute approximate surface area is 304 Å². The van der Waals surface area contributed by atoms with Crippen LogP contribution in [0.15, 0.2) is 0 Å². The molecule has 1 N–H and O–H groups in total. The predicted octanol–water partition coefficient (Wildman–Crippen LogP) is 0.334. The highest BCUT2D eigenvalue weighted by molar-refractivity contribution is 6.60. The van der Waals surface area contributed by atoms with Gasteiger partial charge in [0.05, 0.1) is 67.1 Å². The molecule has 0 saturated carbocycles. The highest BCUT2D eigenvalue weighted by atomic mass is 127. The van der Waals surface area contributed by atoms with Crippen LogP contribution in [0.5, 0.6) is 0 Å². The van der Waals surface area contributed by atoms with Gasteiger partial charge in [-0.1, -0.05) is 96.8 Å². The molecule has 3 aliphatic rings. The van der Waals surface area contributed by atoms with Crippen LogP contribution in [-0.2, 0) is 13.3 Å². The van der Waals surface area contributed by atoms with Crippen LogP contribution in [0.1, 0.15) is 129 Å². The monoisotopic (exact) mass is 853 g/mol. The molecular weight excluding hydrogens is 780 g/mol. The predicted molar refractivity (Wildman–Crippen MR) is 177 cm³/mol. The molecule has 3 aliphatic heterocycles. The van der Waals surface area contributed by atoms with E-state index in [-0.39, 0.29) is 48.0 Å². The average Bonchev–Trinajstić information content (AvgIpc) is 2.90. The van der Waals surface area contributed by atoms with Gasteiger partial charge in [0.2, 0.25) is 0 Å². The zero-order chi connectivity index (χ0) is 29.7. The van der Waals surface area contributed by atoms with Crippen molar-refractivity contribution in [1.82, 2.24) is 4.90 Å². The number of hydrogen-bond donors (Lipinski definition) is 1. The molecule has 0 aromatic heterocycles. The van der Waals surface area contributed by atoms with Gasteiger partial charge >= 0.3 is 8.80 Å². The third kappa shape index (κ3) is 21.1. The van der Waals surface area contributed by atoms with Gasteiger partial charge in [0.25, 0.3) is 0 Å². The van der Waals surface area contributed by atoms with E-state index in [2.05, 4.69) is 40.0 Å². The van der Waals surface area contributed by atoms with Crippen molar-refractivity contribution < 1.29 is 70.6 Å². The van der Waals surface area contributed by atoms with E-state index in [9.17, 15) is 0 Å². The summed E-state index contributed by atoms with van der Waals surface area (Å²) in [4.78, 5) is 3.96. The second kappa shape index (κ2) is 27.4. The van der Waals surface area contributed by atoms with E-state index < -0.39 is 8.80 Å². The fourth-order valence-electron chi connectivity index (χ4n) is 6.77. The summed E-state index contributed by atoms with van der Waals surface area (Å²) in [6.07, 6.45) is 26.7. The minimum absolute atomic E-state index is 0. The molecule has 0 aromatic carbocycles. The standard InChI is InChI=1S/C34H72N3O3Si.2HI/c1-6-7-8-9-10-11-12-13-14-15-16-17-18-19-20-21-29-37(4,5)34(24-25-35(2)3)23-22-33-41-38-30-26-36(27-31-39-41)28-32-40-41;;/h34H,6-33H2,1-5H3;2*1H/q+1;;/p-1. The molecule has 6 nitrogen and oxygen atoms in total. The third-order valence-electron chi connectivity index (χ3n) is 9.76. The van der Waals surface area contributed by atoms with E-state index in [1.165, 1.54) is 129 Å². The summed E-state index contributed by atoms with van der Waals surface area (Å²) in [7, 11) is 7.05. The van der Waals surface area contributed by atoms with Crippen molar-refractivity contribution in [3.8, 4) is 0 Å². The van der Waals surface area contributed by atoms with E-state index in [0.29, 0.717) is 6.04 Å². The zero-order valence-corrected chi connectivity index (χ0v) is 34.6. The minimum atomic E-state index is -2.50. The summed E-state index contributed by atoms with van der Waals surface area (Å²) in [5.74, 6) is 0. The molecule has 43 heavy (non-hydrogen) atoms. The van der Waals surface area contributed by atoms with E-state index in [4.69, 9.17) is 13.3 Å². The van der Waals surface area contributed by atoms with Crippen molar-refractivity contribution >= 4 is 8.80 Å². The lowest BCUT2D eigenvalue weighted by molar-refractivity contribution is -0.923. The quantitative estimate of drug-likeness (QED) is 0.0623. The van der Waals surface area contributed by atoms with Crippen LogP contribution < -0.4 is 52.9 Å². The van der Waals surface area contributed by atoms with Crippen LogP contribution in [0.4, 0.5) is 0 Å². The molecule has 2 bridgehead atoms. The highest BCUT2D eigenvalue weighted by Gasteiger charge is 2.44. The molecular formula is C34H73I2N3O3Si. The molecule has 3 rings (SSSR count). The summed E-state index contributed by atoms with van der Waals surface area (Å²) >= 11 is 0.